The van der Waals surface area contributed by atoms with Crippen LogP contribution in [0.3, 0.4) is 0 Å². The molecule has 0 bridgehead atoms. The molecule has 0 aliphatic rings. The van der Waals surface area contributed by atoms with Crippen LogP contribution in [0.2, 0.25) is 0 Å². The third kappa shape index (κ3) is 1.92. The first-order valence-electron chi connectivity index (χ1n) is 5.51. The highest BCUT2D eigenvalue weighted by Gasteiger charge is 2.07. The normalized spacial score (nSPS) is 11.4. The quantitative estimate of drug-likeness (QED) is 0.781. The van der Waals surface area contributed by atoms with Gasteiger partial charge >= 0.3 is 0 Å². The maximum Gasteiger partial charge on any atom is 0.0919 e. The third-order valence-electron chi connectivity index (χ3n) is 2.89. The van der Waals surface area contributed by atoms with Gasteiger partial charge in [0.2, 0.25) is 0 Å². The van der Waals surface area contributed by atoms with Crippen molar-refractivity contribution in [1.29, 1.82) is 0 Å². The van der Waals surface area contributed by atoms with E-state index in [4.69, 9.17) is 5.11 Å². The van der Waals surface area contributed by atoms with E-state index in [0.29, 0.717) is 6.54 Å². The van der Waals surface area contributed by atoms with Crippen molar-refractivity contribution in [3.63, 3.8) is 0 Å². The van der Waals surface area contributed by atoms with Crippen molar-refractivity contribution in [1.82, 2.24) is 0 Å². The van der Waals surface area contributed by atoms with Crippen LogP contribution in [0.15, 0.2) is 29.6 Å². The summed E-state index contributed by atoms with van der Waals surface area (Å²) >= 11 is 3.56. The molecule has 0 saturated heterocycles. The molecule has 17 heavy (non-hydrogen) atoms. The second-order valence-electron chi connectivity index (χ2n) is 4.08. The molecule has 2 aromatic heterocycles. The predicted molar refractivity (Wildman–Crippen MR) is 77.6 cm³/mol. The van der Waals surface area contributed by atoms with Crippen molar-refractivity contribution in [3.05, 3.63) is 29.6 Å². The Balaban J connectivity index is 2.11. The molecule has 0 fully saturated rings. The van der Waals surface area contributed by atoms with E-state index in [1.54, 1.807) is 22.7 Å². The van der Waals surface area contributed by atoms with Gasteiger partial charge in [0.15, 0.2) is 0 Å². The van der Waals surface area contributed by atoms with Crippen LogP contribution in [-0.2, 0) is 0 Å². The van der Waals surface area contributed by atoms with Crippen molar-refractivity contribution < 1.29 is 5.11 Å². The van der Waals surface area contributed by atoms with Crippen molar-refractivity contribution in [2.24, 2.45) is 0 Å². The largest absolute Gasteiger partial charge is 0.395 e. The first-order valence-corrected chi connectivity index (χ1v) is 7.20. The van der Waals surface area contributed by atoms with Gasteiger partial charge < -0.3 is 10.0 Å². The topological polar surface area (TPSA) is 23.5 Å². The number of likely N-dealkylation sites (N-methyl/N-ethyl adjacent to an activating group) is 1. The average molecular weight is 263 g/mol. The number of rotatable bonds is 3. The van der Waals surface area contributed by atoms with Crippen molar-refractivity contribution in [3.8, 4) is 0 Å². The highest BCUT2D eigenvalue weighted by Crippen LogP contribution is 2.35. The van der Waals surface area contributed by atoms with Gasteiger partial charge in [0.1, 0.15) is 0 Å². The van der Waals surface area contributed by atoms with Gasteiger partial charge in [0.05, 0.1) is 11.6 Å². The summed E-state index contributed by atoms with van der Waals surface area (Å²) in [6.45, 7) is 0.876. The number of fused-ring (bicyclic) bond motifs is 2. The lowest BCUT2D eigenvalue weighted by Crippen LogP contribution is -2.19. The van der Waals surface area contributed by atoms with Gasteiger partial charge in [-0.2, -0.15) is 0 Å². The molecule has 0 amide bonds. The SMILES string of the molecule is CN(CCO)c1cc2cc3sccc3cc2s1. The van der Waals surface area contributed by atoms with Crippen molar-refractivity contribution in [2.45, 2.75) is 0 Å². The van der Waals surface area contributed by atoms with Gasteiger partial charge in [-0.1, -0.05) is 0 Å². The van der Waals surface area contributed by atoms with E-state index in [1.807, 2.05) is 7.05 Å². The standard InChI is InChI=1S/C13H13NOS2/c1-14(3-4-15)13-8-10-7-11-9(2-5-16-11)6-12(10)17-13/h2,5-8,15H,3-4H2,1H3. The highest BCUT2D eigenvalue weighted by atomic mass is 32.1. The molecule has 1 aromatic carbocycles. The van der Waals surface area contributed by atoms with Crippen LogP contribution in [0.25, 0.3) is 20.2 Å². The van der Waals surface area contributed by atoms with Gasteiger partial charge in [-0.25, -0.2) is 0 Å². The molecule has 0 radical (unpaired) electrons. The number of anilines is 1. The minimum Gasteiger partial charge on any atom is -0.395 e. The van der Waals surface area contributed by atoms with E-state index in [2.05, 4.69) is 34.5 Å². The van der Waals surface area contributed by atoms with Crippen LogP contribution in [0, 0.1) is 0 Å². The Hall–Kier alpha value is -1.10. The second kappa shape index (κ2) is 4.29. The Morgan fingerprint density at radius 2 is 2.00 bits per heavy atom. The monoisotopic (exact) mass is 263 g/mol. The van der Waals surface area contributed by atoms with E-state index in [0.717, 1.165) is 0 Å². The smallest absolute Gasteiger partial charge is 0.0919 e. The molecule has 3 aromatic rings. The van der Waals surface area contributed by atoms with Crippen LogP contribution < -0.4 is 4.90 Å². The van der Waals surface area contributed by atoms with Crippen LogP contribution in [0.1, 0.15) is 0 Å². The summed E-state index contributed by atoms with van der Waals surface area (Å²) in [4.78, 5) is 2.10. The molecule has 88 valence electrons. The highest BCUT2D eigenvalue weighted by molar-refractivity contribution is 7.23. The van der Waals surface area contributed by atoms with Crippen LogP contribution >= 0.6 is 22.7 Å². The number of aliphatic hydroxyl groups is 1. The Bertz CT molecular complexity index is 608. The number of thiophene rings is 2. The Morgan fingerprint density at radius 1 is 1.18 bits per heavy atom. The van der Waals surface area contributed by atoms with Gasteiger partial charge in [0.25, 0.3) is 0 Å². The molecule has 4 heteroatoms. The summed E-state index contributed by atoms with van der Waals surface area (Å²) in [5.74, 6) is 0. The maximum atomic E-state index is 8.96. The number of hydrogen-bond acceptors (Lipinski definition) is 4. The molecular formula is C13H13NOS2. The summed E-state index contributed by atoms with van der Waals surface area (Å²) < 4.78 is 2.65. The van der Waals surface area contributed by atoms with Crippen molar-refractivity contribution >= 4 is 47.8 Å². The molecule has 0 aliphatic carbocycles. The van der Waals surface area contributed by atoms with Crippen molar-refractivity contribution in [2.75, 3.05) is 25.1 Å². The van der Waals surface area contributed by atoms with E-state index >= 15 is 0 Å². The zero-order valence-corrected chi connectivity index (χ0v) is 11.1. The van der Waals surface area contributed by atoms with E-state index < -0.39 is 0 Å². The molecular weight excluding hydrogens is 250 g/mol. The molecule has 0 aliphatic heterocycles. The molecule has 1 N–H and O–H groups in total. The first kappa shape index (κ1) is 11.0. The maximum absolute atomic E-state index is 8.96. The third-order valence-corrected chi connectivity index (χ3v) is 4.98. The molecule has 2 heterocycles. The fraction of sp³-hybridized carbons (Fsp3) is 0.231. The van der Waals surface area contributed by atoms with Crippen LogP contribution in [0.5, 0.6) is 0 Å². The van der Waals surface area contributed by atoms with Gasteiger partial charge in [-0.15, -0.1) is 22.7 Å². The molecule has 0 unspecified atom stereocenters. The van der Waals surface area contributed by atoms with Gasteiger partial charge in [0, 0.05) is 23.0 Å². The summed E-state index contributed by atoms with van der Waals surface area (Å²) in [5, 5.41) is 14.9. The zero-order chi connectivity index (χ0) is 11.8. The molecule has 0 saturated carbocycles. The molecule has 0 atom stereocenters. The number of aliphatic hydroxyl groups excluding tert-OH is 1. The molecule has 0 spiro atoms. The van der Waals surface area contributed by atoms with E-state index in [9.17, 15) is 0 Å². The Kier molecular flexibility index (Phi) is 2.78. The summed E-state index contributed by atoms with van der Waals surface area (Å²) in [5.41, 5.74) is 0. The Morgan fingerprint density at radius 3 is 2.82 bits per heavy atom. The second-order valence-corrected chi connectivity index (χ2v) is 6.09. The fourth-order valence-corrected chi connectivity index (χ4v) is 3.83. The first-order chi connectivity index (χ1) is 8.28. The minimum absolute atomic E-state index is 0.194. The van der Waals surface area contributed by atoms with E-state index in [-0.39, 0.29) is 6.61 Å². The summed E-state index contributed by atoms with van der Waals surface area (Å²) in [6, 6.07) is 8.87. The lowest BCUT2D eigenvalue weighted by atomic mass is 10.2. The van der Waals surface area contributed by atoms with E-state index in [1.165, 1.54) is 25.2 Å². The zero-order valence-electron chi connectivity index (χ0n) is 9.51. The molecule has 3 rings (SSSR count). The Labute approximate surface area is 108 Å². The summed E-state index contributed by atoms with van der Waals surface area (Å²) in [7, 11) is 2.02. The summed E-state index contributed by atoms with van der Waals surface area (Å²) in [6.07, 6.45) is 0. The lowest BCUT2D eigenvalue weighted by Gasteiger charge is -2.14. The number of hydrogen-bond donors (Lipinski definition) is 1. The fourth-order valence-electron chi connectivity index (χ4n) is 1.93. The van der Waals surface area contributed by atoms with Gasteiger partial charge in [-0.05, 0) is 40.4 Å². The number of benzene rings is 1. The minimum atomic E-state index is 0.194. The van der Waals surface area contributed by atoms with Crippen LogP contribution in [0.4, 0.5) is 5.00 Å². The predicted octanol–water partition coefficient (Wildman–Crippen LogP) is 3.54. The average Bonchev–Trinajstić information content (AvgIpc) is 2.90. The lowest BCUT2D eigenvalue weighted by molar-refractivity contribution is 0.304. The van der Waals surface area contributed by atoms with Crippen LogP contribution in [-0.4, -0.2) is 25.3 Å². The number of nitrogens with zero attached hydrogens (tertiary/aromatic N) is 1. The molecule has 2 nitrogen and oxygen atoms in total. The van der Waals surface area contributed by atoms with Gasteiger partial charge in [-0.3, -0.25) is 0 Å².